The van der Waals surface area contributed by atoms with E-state index in [1.54, 1.807) is 0 Å². The topological polar surface area (TPSA) is 63.6 Å². The quantitative estimate of drug-likeness (QED) is 0.805. The summed E-state index contributed by atoms with van der Waals surface area (Å²) in [6, 6.07) is 2.40. The van der Waals surface area contributed by atoms with Gasteiger partial charge in [-0.15, -0.1) is 0 Å². The molecule has 0 aliphatic heterocycles. The molecule has 0 atom stereocenters. The van der Waals surface area contributed by atoms with E-state index >= 15 is 0 Å². The molecule has 0 saturated carbocycles. The summed E-state index contributed by atoms with van der Waals surface area (Å²) in [4.78, 5) is 21.4. The van der Waals surface area contributed by atoms with Crippen LogP contribution in [0, 0.1) is 6.92 Å². The number of hydrogen-bond donors (Lipinski definition) is 1. The SMILES string of the molecule is Cc1cc(OC(F)F)cc(CC(=O)O)c1C=O. The first kappa shape index (κ1) is 13.1. The predicted molar refractivity (Wildman–Crippen MR) is 54.5 cm³/mol. The van der Waals surface area contributed by atoms with Gasteiger partial charge in [-0.05, 0) is 30.2 Å². The lowest BCUT2D eigenvalue weighted by atomic mass is 10.00. The Morgan fingerprint density at radius 2 is 2.18 bits per heavy atom. The smallest absolute Gasteiger partial charge is 0.387 e. The van der Waals surface area contributed by atoms with Gasteiger partial charge in [0, 0.05) is 5.56 Å². The fraction of sp³-hybridized carbons (Fsp3) is 0.273. The van der Waals surface area contributed by atoms with Crippen molar-refractivity contribution in [3.63, 3.8) is 0 Å². The molecule has 6 heteroatoms. The highest BCUT2D eigenvalue weighted by Gasteiger charge is 2.13. The summed E-state index contributed by atoms with van der Waals surface area (Å²) < 4.78 is 28.2. The molecule has 0 aliphatic carbocycles. The number of aliphatic carboxylic acids is 1. The minimum atomic E-state index is -2.99. The lowest BCUT2D eigenvalue weighted by molar-refractivity contribution is -0.136. The van der Waals surface area contributed by atoms with Crippen LogP contribution in [0.1, 0.15) is 21.5 Å². The van der Waals surface area contributed by atoms with Gasteiger partial charge in [0.25, 0.3) is 0 Å². The monoisotopic (exact) mass is 244 g/mol. The number of carboxylic acids is 1. The summed E-state index contributed by atoms with van der Waals surface area (Å²) in [6.07, 6.45) is 0.0785. The van der Waals surface area contributed by atoms with Crippen molar-refractivity contribution in [1.29, 1.82) is 0 Å². The number of aryl methyl sites for hydroxylation is 1. The normalized spacial score (nSPS) is 10.4. The maximum Gasteiger partial charge on any atom is 0.387 e. The Kier molecular flexibility index (Phi) is 4.14. The van der Waals surface area contributed by atoms with Gasteiger partial charge in [0.15, 0.2) is 6.29 Å². The van der Waals surface area contributed by atoms with Gasteiger partial charge in [-0.1, -0.05) is 0 Å². The van der Waals surface area contributed by atoms with E-state index in [4.69, 9.17) is 5.11 Å². The third-order valence-electron chi connectivity index (χ3n) is 2.13. The summed E-state index contributed by atoms with van der Waals surface area (Å²) in [5.74, 6) is -1.30. The number of carboxylic acid groups (broad SMARTS) is 1. The van der Waals surface area contributed by atoms with Crippen LogP contribution >= 0.6 is 0 Å². The van der Waals surface area contributed by atoms with Crippen LogP contribution in [0.3, 0.4) is 0 Å². The molecule has 17 heavy (non-hydrogen) atoms. The molecule has 92 valence electrons. The van der Waals surface area contributed by atoms with Crippen molar-refractivity contribution in [1.82, 2.24) is 0 Å². The summed E-state index contributed by atoms with van der Waals surface area (Å²) in [5, 5.41) is 8.65. The largest absolute Gasteiger partial charge is 0.481 e. The molecule has 0 aliphatic rings. The van der Waals surface area contributed by atoms with Crippen molar-refractivity contribution in [2.45, 2.75) is 20.0 Å². The van der Waals surface area contributed by atoms with Crippen molar-refractivity contribution >= 4 is 12.3 Å². The van der Waals surface area contributed by atoms with Gasteiger partial charge in [-0.3, -0.25) is 9.59 Å². The number of benzene rings is 1. The van der Waals surface area contributed by atoms with E-state index in [1.807, 2.05) is 0 Å². The second kappa shape index (κ2) is 5.38. The summed E-state index contributed by atoms with van der Waals surface area (Å²) in [7, 11) is 0. The number of carbonyl (C=O) groups is 2. The van der Waals surface area contributed by atoms with Crippen LogP contribution in [0.15, 0.2) is 12.1 Å². The molecule has 0 bridgehead atoms. The van der Waals surface area contributed by atoms with E-state index in [1.165, 1.54) is 13.0 Å². The highest BCUT2D eigenvalue weighted by atomic mass is 19.3. The van der Waals surface area contributed by atoms with E-state index < -0.39 is 19.0 Å². The Morgan fingerprint density at radius 1 is 1.53 bits per heavy atom. The number of alkyl halides is 2. The fourth-order valence-corrected chi connectivity index (χ4v) is 1.48. The van der Waals surface area contributed by atoms with Crippen molar-refractivity contribution in [2.24, 2.45) is 0 Å². The van der Waals surface area contributed by atoms with Gasteiger partial charge < -0.3 is 9.84 Å². The Labute approximate surface area is 95.8 Å². The molecular formula is C11H10F2O4. The van der Waals surface area contributed by atoms with Crippen LogP contribution in [0.5, 0.6) is 5.75 Å². The van der Waals surface area contributed by atoms with Gasteiger partial charge in [0.2, 0.25) is 0 Å². The van der Waals surface area contributed by atoms with E-state index in [-0.39, 0.29) is 16.9 Å². The molecular weight excluding hydrogens is 234 g/mol. The van der Waals surface area contributed by atoms with Gasteiger partial charge in [-0.2, -0.15) is 8.78 Å². The molecule has 0 heterocycles. The van der Waals surface area contributed by atoms with Crippen LogP contribution in [0.2, 0.25) is 0 Å². The molecule has 0 saturated heterocycles. The van der Waals surface area contributed by atoms with E-state index in [0.29, 0.717) is 11.8 Å². The molecule has 0 aromatic heterocycles. The van der Waals surface area contributed by atoms with Gasteiger partial charge >= 0.3 is 12.6 Å². The van der Waals surface area contributed by atoms with E-state index in [9.17, 15) is 18.4 Å². The second-order valence-electron chi connectivity index (χ2n) is 3.38. The van der Waals surface area contributed by atoms with Crippen molar-refractivity contribution in [3.05, 3.63) is 28.8 Å². The first-order valence-corrected chi connectivity index (χ1v) is 4.69. The Hall–Kier alpha value is -1.98. The van der Waals surface area contributed by atoms with Crippen LogP contribution in [0.4, 0.5) is 8.78 Å². The van der Waals surface area contributed by atoms with Crippen LogP contribution in [-0.4, -0.2) is 24.0 Å². The molecule has 4 nitrogen and oxygen atoms in total. The summed E-state index contributed by atoms with van der Waals surface area (Å²) in [6.45, 7) is -1.47. The summed E-state index contributed by atoms with van der Waals surface area (Å²) >= 11 is 0. The molecule has 0 unspecified atom stereocenters. The number of ether oxygens (including phenoxy) is 1. The van der Waals surface area contributed by atoms with Crippen molar-refractivity contribution < 1.29 is 28.2 Å². The maximum atomic E-state index is 12.0. The Balaban J connectivity index is 3.18. The van der Waals surface area contributed by atoms with Crippen LogP contribution in [-0.2, 0) is 11.2 Å². The predicted octanol–water partition coefficient (Wildman–Crippen LogP) is 2.04. The molecule has 1 aromatic carbocycles. The molecule has 0 spiro atoms. The molecule has 0 radical (unpaired) electrons. The van der Waals surface area contributed by atoms with Gasteiger partial charge in [0.1, 0.15) is 5.75 Å². The zero-order valence-corrected chi connectivity index (χ0v) is 8.94. The first-order valence-electron chi connectivity index (χ1n) is 4.69. The number of hydrogen-bond acceptors (Lipinski definition) is 3. The minimum Gasteiger partial charge on any atom is -0.481 e. The molecule has 0 amide bonds. The van der Waals surface area contributed by atoms with E-state index in [2.05, 4.69) is 4.74 Å². The number of rotatable bonds is 5. The first-order chi connectivity index (χ1) is 7.93. The van der Waals surface area contributed by atoms with Gasteiger partial charge in [-0.25, -0.2) is 0 Å². The zero-order valence-electron chi connectivity index (χ0n) is 8.94. The van der Waals surface area contributed by atoms with Crippen LogP contribution < -0.4 is 4.74 Å². The summed E-state index contributed by atoms with van der Waals surface area (Å²) in [5.41, 5.74) is 0.742. The highest BCUT2D eigenvalue weighted by Crippen LogP contribution is 2.23. The lowest BCUT2D eigenvalue weighted by Gasteiger charge is -2.10. The van der Waals surface area contributed by atoms with Crippen molar-refractivity contribution in [3.8, 4) is 5.75 Å². The van der Waals surface area contributed by atoms with Crippen LogP contribution in [0.25, 0.3) is 0 Å². The Bertz CT molecular complexity index is 443. The fourth-order valence-electron chi connectivity index (χ4n) is 1.48. The maximum absolute atomic E-state index is 12.0. The van der Waals surface area contributed by atoms with Gasteiger partial charge in [0.05, 0.1) is 6.42 Å². The van der Waals surface area contributed by atoms with Crippen molar-refractivity contribution in [2.75, 3.05) is 0 Å². The number of aldehydes is 1. The third-order valence-corrected chi connectivity index (χ3v) is 2.13. The standard InChI is InChI=1S/C11H10F2O4/c1-6-2-8(17-11(12)13)3-7(4-10(15)16)9(6)5-14/h2-3,5,11H,4H2,1H3,(H,15,16). The number of halogens is 2. The molecule has 1 rings (SSSR count). The zero-order chi connectivity index (χ0) is 13.0. The Morgan fingerprint density at radius 3 is 2.65 bits per heavy atom. The lowest BCUT2D eigenvalue weighted by Crippen LogP contribution is -2.08. The minimum absolute atomic E-state index is 0.153. The second-order valence-corrected chi connectivity index (χ2v) is 3.38. The molecule has 0 fully saturated rings. The molecule has 1 aromatic rings. The molecule has 1 N–H and O–H groups in total. The number of carbonyl (C=O) groups excluding carboxylic acids is 1. The van der Waals surface area contributed by atoms with E-state index in [0.717, 1.165) is 6.07 Å². The highest BCUT2D eigenvalue weighted by molar-refractivity contribution is 5.83. The average molecular weight is 244 g/mol. The average Bonchev–Trinajstić information content (AvgIpc) is 2.14. The third kappa shape index (κ3) is 3.51.